The number of aromatic nitrogens is 2. The molecular formula is C18H22N4O3. The summed E-state index contributed by atoms with van der Waals surface area (Å²) in [6.07, 6.45) is 2.07. The maximum atomic E-state index is 12.4. The lowest BCUT2D eigenvalue weighted by Gasteiger charge is -2.09. The van der Waals surface area contributed by atoms with Crippen molar-refractivity contribution in [2.75, 3.05) is 24.3 Å². The van der Waals surface area contributed by atoms with E-state index in [0.717, 1.165) is 19.4 Å². The number of ether oxygens (including phenoxy) is 1. The van der Waals surface area contributed by atoms with Crippen LogP contribution >= 0.6 is 0 Å². The predicted octanol–water partition coefficient (Wildman–Crippen LogP) is 3.04. The fourth-order valence-electron chi connectivity index (χ4n) is 2.14. The molecule has 7 nitrogen and oxygen atoms in total. The lowest BCUT2D eigenvalue weighted by molar-refractivity contribution is 0.0600. The lowest BCUT2D eigenvalue weighted by atomic mass is 10.2. The molecule has 1 aromatic carbocycles. The minimum Gasteiger partial charge on any atom is -0.465 e. The minimum absolute atomic E-state index is 0.281. The third-order valence-corrected chi connectivity index (χ3v) is 3.46. The smallest absolute Gasteiger partial charge is 0.337 e. The Balaban J connectivity index is 2.08. The maximum Gasteiger partial charge on any atom is 0.337 e. The van der Waals surface area contributed by atoms with Crippen molar-refractivity contribution >= 4 is 23.5 Å². The Morgan fingerprint density at radius 2 is 1.88 bits per heavy atom. The van der Waals surface area contributed by atoms with Gasteiger partial charge in [0, 0.05) is 17.9 Å². The number of methoxy groups -OCH3 is 1. The first-order valence-electron chi connectivity index (χ1n) is 8.12. The first kappa shape index (κ1) is 18.4. The van der Waals surface area contributed by atoms with Crippen molar-refractivity contribution in [3.63, 3.8) is 0 Å². The summed E-state index contributed by atoms with van der Waals surface area (Å²) >= 11 is 0. The van der Waals surface area contributed by atoms with E-state index in [-0.39, 0.29) is 11.6 Å². The molecule has 0 fully saturated rings. The van der Waals surface area contributed by atoms with Gasteiger partial charge >= 0.3 is 5.97 Å². The lowest BCUT2D eigenvalue weighted by Crippen LogP contribution is -2.16. The molecule has 2 aromatic rings. The summed E-state index contributed by atoms with van der Waals surface area (Å²) in [4.78, 5) is 32.4. The molecule has 2 rings (SSSR count). The van der Waals surface area contributed by atoms with Gasteiger partial charge in [0.1, 0.15) is 5.69 Å². The monoisotopic (exact) mass is 342 g/mol. The average Bonchev–Trinajstić information content (AvgIpc) is 2.61. The van der Waals surface area contributed by atoms with Crippen LogP contribution in [0.25, 0.3) is 0 Å². The van der Waals surface area contributed by atoms with E-state index in [2.05, 4.69) is 32.3 Å². The van der Waals surface area contributed by atoms with E-state index < -0.39 is 5.97 Å². The Kier molecular flexibility index (Phi) is 6.45. The van der Waals surface area contributed by atoms with Crippen LogP contribution in [-0.4, -0.2) is 35.5 Å². The van der Waals surface area contributed by atoms with Crippen molar-refractivity contribution in [1.82, 2.24) is 9.97 Å². The van der Waals surface area contributed by atoms with Crippen LogP contribution in [0.15, 0.2) is 30.3 Å². The Hall–Kier alpha value is -2.96. The van der Waals surface area contributed by atoms with Crippen LogP contribution in [0, 0.1) is 6.92 Å². The number of aryl methyl sites for hydroxylation is 1. The summed E-state index contributed by atoms with van der Waals surface area (Å²) in [5.41, 5.74) is 1.97. The van der Waals surface area contributed by atoms with Crippen molar-refractivity contribution in [3.05, 3.63) is 47.3 Å². The first-order chi connectivity index (χ1) is 12.0. The number of unbranched alkanes of at least 4 members (excludes halogenated alkanes) is 1. The van der Waals surface area contributed by atoms with Gasteiger partial charge in [-0.1, -0.05) is 13.3 Å². The van der Waals surface area contributed by atoms with Gasteiger partial charge in [-0.3, -0.25) is 4.79 Å². The summed E-state index contributed by atoms with van der Waals surface area (Å²) < 4.78 is 4.64. The third-order valence-electron chi connectivity index (χ3n) is 3.46. The van der Waals surface area contributed by atoms with E-state index in [4.69, 9.17) is 0 Å². The summed E-state index contributed by atoms with van der Waals surface area (Å²) in [5, 5.41) is 5.87. The van der Waals surface area contributed by atoms with Crippen LogP contribution in [0.2, 0.25) is 0 Å². The van der Waals surface area contributed by atoms with Crippen LogP contribution < -0.4 is 10.6 Å². The number of benzene rings is 1. The number of hydrogen-bond acceptors (Lipinski definition) is 6. The molecule has 2 N–H and O–H groups in total. The van der Waals surface area contributed by atoms with Crippen LogP contribution in [0.3, 0.4) is 0 Å². The van der Waals surface area contributed by atoms with E-state index in [0.29, 0.717) is 22.9 Å². The van der Waals surface area contributed by atoms with Crippen molar-refractivity contribution in [1.29, 1.82) is 0 Å². The molecule has 0 bridgehead atoms. The molecule has 132 valence electrons. The number of carbonyl (C=O) groups is 2. The van der Waals surface area contributed by atoms with Crippen molar-refractivity contribution in [2.24, 2.45) is 0 Å². The summed E-state index contributed by atoms with van der Waals surface area (Å²) in [7, 11) is 1.32. The standard InChI is InChI=1S/C18H22N4O3/c1-4-5-10-19-18-20-12(2)11-15(22-18)16(23)21-14-8-6-13(7-9-14)17(24)25-3/h6-9,11H,4-5,10H2,1-3H3,(H,21,23)(H,19,20,22). The number of hydrogen-bond donors (Lipinski definition) is 2. The number of nitrogens with zero attached hydrogens (tertiary/aromatic N) is 2. The van der Waals surface area contributed by atoms with Crippen LogP contribution in [0.5, 0.6) is 0 Å². The van der Waals surface area contributed by atoms with Gasteiger partial charge < -0.3 is 15.4 Å². The zero-order valence-electron chi connectivity index (χ0n) is 14.6. The third kappa shape index (κ3) is 5.27. The van der Waals surface area contributed by atoms with Crippen LogP contribution in [0.4, 0.5) is 11.6 Å². The number of anilines is 2. The Bertz CT molecular complexity index is 744. The molecule has 7 heteroatoms. The zero-order chi connectivity index (χ0) is 18.2. The molecule has 1 aromatic heterocycles. The molecule has 0 aliphatic carbocycles. The molecule has 0 unspecified atom stereocenters. The summed E-state index contributed by atoms with van der Waals surface area (Å²) in [6.45, 7) is 4.67. The fourth-order valence-corrected chi connectivity index (χ4v) is 2.14. The second kappa shape index (κ2) is 8.77. The fraction of sp³-hybridized carbons (Fsp3) is 0.333. The highest BCUT2D eigenvalue weighted by molar-refractivity contribution is 6.03. The van der Waals surface area contributed by atoms with Gasteiger partial charge in [0.15, 0.2) is 0 Å². The number of rotatable bonds is 7. The largest absolute Gasteiger partial charge is 0.465 e. The molecule has 0 saturated carbocycles. The molecular weight excluding hydrogens is 320 g/mol. The van der Waals surface area contributed by atoms with E-state index >= 15 is 0 Å². The molecule has 0 radical (unpaired) electrons. The molecule has 0 atom stereocenters. The minimum atomic E-state index is -0.424. The van der Waals surface area contributed by atoms with Gasteiger partial charge in [0.2, 0.25) is 5.95 Å². The second-order valence-electron chi connectivity index (χ2n) is 5.52. The van der Waals surface area contributed by atoms with Crippen molar-refractivity contribution in [3.8, 4) is 0 Å². The quantitative estimate of drug-likeness (QED) is 0.593. The van der Waals surface area contributed by atoms with E-state index in [1.165, 1.54) is 7.11 Å². The van der Waals surface area contributed by atoms with Crippen LogP contribution in [-0.2, 0) is 4.74 Å². The van der Waals surface area contributed by atoms with Gasteiger partial charge in [-0.15, -0.1) is 0 Å². The summed E-state index contributed by atoms with van der Waals surface area (Å²) in [5.74, 6) is -0.318. The number of esters is 1. The van der Waals surface area contributed by atoms with E-state index in [1.807, 2.05) is 6.92 Å². The van der Waals surface area contributed by atoms with Crippen molar-refractivity contribution < 1.29 is 14.3 Å². The molecule has 0 saturated heterocycles. The predicted molar refractivity (Wildman–Crippen MR) is 95.9 cm³/mol. The highest BCUT2D eigenvalue weighted by atomic mass is 16.5. The van der Waals surface area contributed by atoms with Gasteiger partial charge in [0.05, 0.1) is 12.7 Å². The van der Waals surface area contributed by atoms with E-state index in [1.54, 1.807) is 30.3 Å². The average molecular weight is 342 g/mol. The van der Waals surface area contributed by atoms with Gasteiger partial charge in [-0.05, 0) is 43.7 Å². The normalized spacial score (nSPS) is 10.2. The Morgan fingerprint density at radius 1 is 1.16 bits per heavy atom. The molecule has 1 amide bonds. The Morgan fingerprint density at radius 3 is 2.52 bits per heavy atom. The SMILES string of the molecule is CCCCNc1nc(C)cc(C(=O)Nc2ccc(C(=O)OC)cc2)n1. The molecule has 0 aliphatic heterocycles. The molecule has 25 heavy (non-hydrogen) atoms. The highest BCUT2D eigenvalue weighted by Crippen LogP contribution is 2.13. The second-order valence-corrected chi connectivity index (χ2v) is 5.52. The van der Waals surface area contributed by atoms with Crippen LogP contribution in [0.1, 0.15) is 46.3 Å². The zero-order valence-corrected chi connectivity index (χ0v) is 14.6. The van der Waals surface area contributed by atoms with Gasteiger partial charge in [-0.2, -0.15) is 0 Å². The highest BCUT2D eigenvalue weighted by Gasteiger charge is 2.12. The van der Waals surface area contributed by atoms with Crippen molar-refractivity contribution in [2.45, 2.75) is 26.7 Å². The Labute approximate surface area is 146 Å². The first-order valence-corrected chi connectivity index (χ1v) is 8.12. The molecule has 0 aliphatic rings. The van der Waals surface area contributed by atoms with Gasteiger partial charge in [-0.25, -0.2) is 14.8 Å². The topological polar surface area (TPSA) is 93.2 Å². The number of carbonyl (C=O) groups excluding carboxylic acids is 2. The molecule has 1 heterocycles. The summed E-state index contributed by atoms with van der Waals surface area (Å²) in [6, 6.07) is 8.08. The maximum absolute atomic E-state index is 12.4. The van der Waals surface area contributed by atoms with Gasteiger partial charge in [0.25, 0.3) is 5.91 Å². The number of nitrogens with one attached hydrogen (secondary N) is 2. The molecule has 0 spiro atoms. The number of amides is 1. The van der Waals surface area contributed by atoms with E-state index in [9.17, 15) is 9.59 Å².